The highest BCUT2D eigenvalue weighted by molar-refractivity contribution is 7.81. The van der Waals surface area contributed by atoms with Crippen molar-refractivity contribution in [2.24, 2.45) is 23.7 Å². The molecule has 3 aromatic rings. The van der Waals surface area contributed by atoms with Crippen LogP contribution in [0.2, 0.25) is 0 Å². The number of hydrogen-bond donors (Lipinski definition) is 5. The number of carbonyl (C=O) groups excluding carboxylic acids is 4. The quantitative estimate of drug-likeness (QED) is 0.149. The fourth-order valence-corrected chi connectivity index (χ4v) is 4.34. The van der Waals surface area contributed by atoms with Crippen molar-refractivity contribution < 1.29 is 24.3 Å². The number of nitrogens with zero attached hydrogens (tertiary/aromatic N) is 3. The number of amides is 4. The summed E-state index contributed by atoms with van der Waals surface area (Å²) in [5.41, 5.74) is 7.71. The van der Waals surface area contributed by atoms with Gasteiger partial charge in [-0.25, -0.2) is 0 Å². The highest BCUT2D eigenvalue weighted by atomic mass is 32.1. The Kier molecular flexibility index (Phi) is 9.44. The normalized spacial score (nSPS) is 13.8. The van der Waals surface area contributed by atoms with Crippen molar-refractivity contribution in [3.8, 4) is 17.6 Å². The Labute approximate surface area is 252 Å². The number of phenolic OH excluding ortho intramolecular Hbond substituents is 1. The van der Waals surface area contributed by atoms with Crippen LogP contribution >= 0.6 is 12.2 Å². The first-order valence-corrected chi connectivity index (χ1v) is 13.3. The summed E-state index contributed by atoms with van der Waals surface area (Å²) >= 11 is 5.53. The van der Waals surface area contributed by atoms with E-state index in [9.17, 15) is 24.3 Å². The van der Waals surface area contributed by atoms with Crippen molar-refractivity contribution in [1.82, 2.24) is 15.1 Å². The number of para-hydroxylation sites is 1. The van der Waals surface area contributed by atoms with Gasteiger partial charge in [0.25, 0.3) is 11.8 Å². The fourth-order valence-electron chi connectivity index (χ4n) is 4.08. The molecule has 0 fully saturated rings. The van der Waals surface area contributed by atoms with Gasteiger partial charge in [-0.2, -0.15) is 5.10 Å². The van der Waals surface area contributed by atoms with Crippen LogP contribution in [0.5, 0.6) is 5.75 Å². The smallest absolute Gasteiger partial charge is 0.273 e. The van der Waals surface area contributed by atoms with Crippen LogP contribution < -0.4 is 21.7 Å². The lowest BCUT2D eigenvalue weighted by Gasteiger charge is -2.16. The molecule has 1 aliphatic rings. The summed E-state index contributed by atoms with van der Waals surface area (Å²) in [6, 6.07) is 13.2. The highest BCUT2D eigenvalue weighted by Gasteiger charge is 2.24. The molecule has 0 radical (unpaired) electrons. The SMILES string of the molecule is Cc1cc(C(=O)Nc2cccc(C#C[C@H]3C=NC=C(C(=O)Nc4cccc(CC(=O)NCC(N)=O)c4O)C3=S)c2)n(C)n1. The number of primary amides is 1. The van der Waals surface area contributed by atoms with E-state index in [4.69, 9.17) is 18.0 Å². The molecule has 12 nitrogen and oxygen atoms in total. The minimum absolute atomic E-state index is 0.0613. The van der Waals surface area contributed by atoms with E-state index in [1.807, 2.05) is 0 Å². The Morgan fingerprint density at radius 3 is 2.58 bits per heavy atom. The first-order chi connectivity index (χ1) is 20.5. The van der Waals surface area contributed by atoms with Crippen LogP contribution in [-0.2, 0) is 27.9 Å². The van der Waals surface area contributed by atoms with Crippen molar-refractivity contribution >= 4 is 58.3 Å². The molecule has 0 bridgehead atoms. The third kappa shape index (κ3) is 7.78. The van der Waals surface area contributed by atoms with Crippen LogP contribution in [0.4, 0.5) is 11.4 Å². The summed E-state index contributed by atoms with van der Waals surface area (Å²) in [5.74, 6) is 2.91. The van der Waals surface area contributed by atoms with Gasteiger partial charge in [0.1, 0.15) is 11.4 Å². The van der Waals surface area contributed by atoms with Crippen molar-refractivity contribution in [3.05, 3.63) is 82.8 Å². The number of phenols is 1. The van der Waals surface area contributed by atoms with Crippen molar-refractivity contribution in [2.75, 3.05) is 17.2 Å². The van der Waals surface area contributed by atoms with Gasteiger partial charge in [-0.15, -0.1) is 0 Å². The molecule has 218 valence electrons. The predicted octanol–water partition coefficient (Wildman–Crippen LogP) is 1.78. The molecule has 13 heteroatoms. The molecular weight excluding hydrogens is 570 g/mol. The summed E-state index contributed by atoms with van der Waals surface area (Å²) in [5, 5.41) is 22.6. The third-order valence-corrected chi connectivity index (χ3v) is 6.61. The van der Waals surface area contributed by atoms with Crippen molar-refractivity contribution in [1.29, 1.82) is 0 Å². The number of aromatic nitrogens is 2. The average molecular weight is 598 g/mol. The molecule has 0 unspecified atom stereocenters. The van der Waals surface area contributed by atoms with E-state index in [0.717, 1.165) is 5.69 Å². The molecule has 43 heavy (non-hydrogen) atoms. The summed E-state index contributed by atoms with van der Waals surface area (Å²) in [6.45, 7) is 1.47. The number of carbonyl (C=O) groups is 4. The molecule has 2 aromatic carbocycles. The molecule has 0 saturated carbocycles. The summed E-state index contributed by atoms with van der Waals surface area (Å²) < 4.78 is 1.50. The zero-order chi connectivity index (χ0) is 31.1. The van der Waals surface area contributed by atoms with Crippen LogP contribution in [0, 0.1) is 24.7 Å². The van der Waals surface area contributed by atoms with Gasteiger partial charge in [-0.3, -0.25) is 28.9 Å². The minimum atomic E-state index is -0.699. The highest BCUT2D eigenvalue weighted by Crippen LogP contribution is 2.29. The van der Waals surface area contributed by atoms with E-state index in [-0.39, 0.29) is 46.3 Å². The van der Waals surface area contributed by atoms with Gasteiger partial charge < -0.3 is 26.8 Å². The van der Waals surface area contributed by atoms with Crippen LogP contribution in [-0.4, -0.2) is 56.1 Å². The molecule has 4 amide bonds. The first-order valence-electron chi connectivity index (χ1n) is 12.9. The number of hydrogen-bond acceptors (Lipinski definition) is 8. The number of aromatic hydroxyl groups is 1. The van der Waals surface area contributed by atoms with Gasteiger partial charge in [0.05, 0.1) is 35.8 Å². The van der Waals surface area contributed by atoms with Gasteiger partial charge in [0, 0.05) is 41.1 Å². The van der Waals surface area contributed by atoms with Gasteiger partial charge in [0.2, 0.25) is 11.8 Å². The number of aryl methyl sites for hydroxylation is 2. The number of anilines is 2. The number of nitrogens with one attached hydrogen (secondary N) is 3. The van der Waals surface area contributed by atoms with E-state index in [2.05, 4.69) is 37.9 Å². The molecule has 6 N–H and O–H groups in total. The molecule has 0 saturated heterocycles. The van der Waals surface area contributed by atoms with Gasteiger partial charge in [0.15, 0.2) is 0 Å². The molecule has 1 atom stereocenters. The lowest BCUT2D eigenvalue weighted by Crippen LogP contribution is -2.34. The maximum Gasteiger partial charge on any atom is 0.273 e. The Hall–Kier alpha value is -5.61. The van der Waals surface area contributed by atoms with Crippen molar-refractivity contribution in [2.45, 2.75) is 13.3 Å². The minimum Gasteiger partial charge on any atom is -0.505 e. The fraction of sp³-hybridized carbons (Fsp3) is 0.167. The molecule has 4 rings (SSSR count). The third-order valence-electron chi connectivity index (χ3n) is 6.14. The second-order valence-corrected chi connectivity index (χ2v) is 9.91. The number of nitrogens with two attached hydrogens (primary N) is 1. The molecule has 0 aliphatic carbocycles. The Balaban J connectivity index is 1.41. The van der Waals surface area contributed by atoms with Crippen molar-refractivity contribution in [3.63, 3.8) is 0 Å². The van der Waals surface area contributed by atoms with Gasteiger partial charge >= 0.3 is 0 Å². The largest absolute Gasteiger partial charge is 0.505 e. The Morgan fingerprint density at radius 1 is 1.09 bits per heavy atom. The van der Waals surface area contributed by atoms with E-state index >= 15 is 0 Å². The predicted molar refractivity (Wildman–Crippen MR) is 165 cm³/mol. The number of rotatable bonds is 8. The lowest BCUT2D eigenvalue weighted by atomic mass is 9.97. The number of aliphatic imine (C=N–C) groups is 1. The van der Waals surface area contributed by atoms with E-state index < -0.39 is 23.6 Å². The standard InChI is InChI=1S/C30H27N7O5S/c1-17-11-24(37(2)36-17)30(42)34-21-7-3-5-18(12-21)9-10-20-14-32-15-22(28(20)43)29(41)35-23-8-4-6-19(27(23)40)13-26(39)33-16-25(31)38/h3-8,11-12,14-15,20,40H,13,16H2,1-2H3,(H2,31,38)(H,33,39)(H,34,42)(H,35,41)/t20-/m0/s1. The molecular formula is C30H27N7O5S. The molecule has 1 aromatic heterocycles. The Morgan fingerprint density at radius 2 is 1.86 bits per heavy atom. The second kappa shape index (κ2) is 13.4. The van der Waals surface area contributed by atoms with Crippen LogP contribution in [0.1, 0.15) is 27.3 Å². The summed E-state index contributed by atoms with van der Waals surface area (Å²) in [7, 11) is 1.69. The van der Waals surface area contributed by atoms with E-state index in [0.29, 0.717) is 16.9 Å². The molecule has 0 spiro atoms. The number of benzene rings is 2. The molecule has 2 heterocycles. The van der Waals surface area contributed by atoms with Crippen LogP contribution in [0.15, 0.2) is 65.3 Å². The lowest BCUT2D eigenvalue weighted by molar-refractivity contribution is -0.124. The maximum absolute atomic E-state index is 13.1. The van der Waals surface area contributed by atoms with Gasteiger partial charge in [-0.1, -0.05) is 42.3 Å². The van der Waals surface area contributed by atoms with Gasteiger partial charge in [-0.05, 0) is 37.3 Å². The second-order valence-electron chi connectivity index (χ2n) is 9.47. The number of thiocarbonyl (C=S) groups is 1. The monoisotopic (exact) mass is 597 g/mol. The van der Waals surface area contributed by atoms with Crippen LogP contribution in [0.3, 0.4) is 0 Å². The summed E-state index contributed by atoms with van der Waals surface area (Å²) in [4.78, 5) is 53.0. The van der Waals surface area contributed by atoms with Crippen LogP contribution in [0.25, 0.3) is 0 Å². The first kappa shape index (κ1) is 30.4. The van der Waals surface area contributed by atoms with E-state index in [1.54, 1.807) is 50.4 Å². The zero-order valence-corrected chi connectivity index (χ0v) is 24.0. The average Bonchev–Trinajstić information content (AvgIpc) is 3.31. The molecule has 1 aliphatic heterocycles. The van der Waals surface area contributed by atoms with E-state index in [1.165, 1.54) is 29.2 Å². The zero-order valence-electron chi connectivity index (χ0n) is 23.2. The maximum atomic E-state index is 13.1. The topological polar surface area (TPSA) is 181 Å². The summed E-state index contributed by atoms with van der Waals surface area (Å²) in [6.07, 6.45) is 2.59. The Bertz CT molecular complexity index is 1760.